The molecule has 0 atom stereocenters. The summed E-state index contributed by atoms with van der Waals surface area (Å²) in [5.41, 5.74) is 4.52. The smallest absolute Gasteiger partial charge is 0.175 e. The molecule has 3 heterocycles. The van der Waals surface area contributed by atoms with E-state index in [2.05, 4.69) is 32.0 Å². The maximum absolute atomic E-state index is 11.7. The van der Waals surface area contributed by atoms with E-state index in [1.54, 1.807) is 18.2 Å². The first-order valence-corrected chi connectivity index (χ1v) is 12.7. The Balaban J connectivity index is 1.32. The lowest BCUT2D eigenvalue weighted by molar-refractivity contribution is 0.367. The summed E-state index contributed by atoms with van der Waals surface area (Å²) in [5, 5.41) is 17.3. The van der Waals surface area contributed by atoms with Crippen LogP contribution in [0.3, 0.4) is 0 Å². The van der Waals surface area contributed by atoms with E-state index >= 15 is 0 Å². The maximum atomic E-state index is 11.7. The lowest BCUT2D eigenvalue weighted by Crippen LogP contribution is -2.35. The maximum Gasteiger partial charge on any atom is 0.175 e. The fourth-order valence-corrected chi connectivity index (χ4v) is 4.87. The Morgan fingerprint density at radius 2 is 1.67 bits per heavy atom. The lowest BCUT2D eigenvalue weighted by atomic mass is 10.0. The van der Waals surface area contributed by atoms with Crippen LogP contribution < -0.4 is 4.90 Å². The van der Waals surface area contributed by atoms with Crippen LogP contribution in [-0.2, 0) is 9.84 Å². The van der Waals surface area contributed by atoms with Crippen LogP contribution in [0.25, 0.3) is 28.2 Å². The Labute approximate surface area is 192 Å². The zero-order chi connectivity index (χ0) is 23.0. The van der Waals surface area contributed by atoms with Crippen molar-refractivity contribution in [1.82, 2.24) is 25.2 Å². The quantitative estimate of drug-likeness (QED) is 0.447. The van der Waals surface area contributed by atoms with Crippen molar-refractivity contribution >= 4 is 32.8 Å². The summed E-state index contributed by atoms with van der Waals surface area (Å²) in [4.78, 5) is 2.56. The van der Waals surface area contributed by atoms with Gasteiger partial charge >= 0.3 is 0 Å². The van der Waals surface area contributed by atoms with Gasteiger partial charge < -0.3 is 4.90 Å². The second kappa shape index (κ2) is 8.40. The van der Waals surface area contributed by atoms with Gasteiger partial charge in [0, 0.05) is 19.3 Å². The van der Waals surface area contributed by atoms with Gasteiger partial charge in [-0.15, -0.1) is 15.3 Å². The minimum Gasteiger partial charge on any atom is -0.355 e. The number of fused-ring (bicyclic) bond motifs is 1. The number of piperidine rings is 1. The topological polar surface area (TPSA) is 93.9 Å². The van der Waals surface area contributed by atoms with Gasteiger partial charge in [-0.2, -0.15) is 0 Å². The van der Waals surface area contributed by atoms with Crippen LogP contribution in [0.5, 0.6) is 0 Å². The molecular weight excluding hydrogens is 436 g/mol. The molecule has 0 radical (unpaired) electrons. The van der Waals surface area contributed by atoms with Crippen molar-refractivity contribution in [3.63, 3.8) is 0 Å². The molecule has 0 bridgehead atoms. The summed E-state index contributed by atoms with van der Waals surface area (Å²) < 4.78 is 25.4. The van der Waals surface area contributed by atoms with E-state index in [9.17, 15) is 8.42 Å². The number of benzene rings is 2. The molecule has 9 heteroatoms. The zero-order valence-corrected chi connectivity index (χ0v) is 19.1. The predicted octanol–water partition coefficient (Wildman–Crippen LogP) is 3.78. The van der Waals surface area contributed by atoms with Gasteiger partial charge in [0.05, 0.1) is 22.1 Å². The van der Waals surface area contributed by atoms with Gasteiger partial charge in [-0.25, -0.2) is 13.1 Å². The molecular formula is C24H24N6O2S. The predicted molar refractivity (Wildman–Crippen MR) is 129 cm³/mol. The molecule has 0 N–H and O–H groups in total. The van der Waals surface area contributed by atoms with Gasteiger partial charge in [0.15, 0.2) is 15.7 Å². The molecule has 1 aliphatic rings. The van der Waals surface area contributed by atoms with Gasteiger partial charge in [0.2, 0.25) is 0 Å². The highest BCUT2D eigenvalue weighted by Crippen LogP contribution is 2.30. The largest absolute Gasteiger partial charge is 0.355 e. The van der Waals surface area contributed by atoms with Gasteiger partial charge in [-0.05, 0) is 66.4 Å². The fraction of sp³-hybridized carbons (Fsp3) is 0.250. The first-order valence-electron chi connectivity index (χ1n) is 10.8. The van der Waals surface area contributed by atoms with Gasteiger partial charge in [0.1, 0.15) is 5.52 Å². The summed E-state index contributed by atoms with van der Waals surface area (Å²) in [6.45, 7) is 5.47. The fourth-order valence-electron chi connectivity index (χ4n) is 4.24. The van der Waals surface area contributed by atoms with Gasteiger partial charge in [0.25, 0.3) is 0 Å². The molecule has 1 aliphatic heterocycles. The van der Waals surface area contributed by atoms with E-state index in [0.717, 1.165) is 59.6 Å². The number of aromatic nitrogens is 5. The minimum atomic E-state index is -3.21. The monoisotopic (exact) mass is 460 g/mol. The third kappa shape index (κ3) is 4.23. The van der Waals surface area contributed by atoms with E-state index in [0.29, 0.717) is 4.90 Å². The first-order chi connectivity index (χ1) is 15.9. The molecule has 2 aromatic heterocycles. The Morgan fingerprint density at radius 1 is 0.939 bits per heavy atom. The van der Waals surface area contributed by atoms with E-state index in [-0.39, 0.29) is 6.04 Å². The Bertz CT molecular complexity index is 1400. The van der Waals surface area contributed by atoms with Crippen LogP contribution in [0.15, 0.2) is 66.1 Å². The number of hydrogen-bond acceptors (Lipinski definition) is 7. The second-order valence-electron chi connectivity index (χ2n) is 8.27. The van der Waals surface area contributed by atoms with Crippen LogP contribution >= 0.6 is 0 Å². The SMILES string of the molecule is C=Cc1ccc(N2CCC(n3nnc4cc(-c5ccc(S(C)(=O)=O)cc5)ccc43)CC2)nn1. The third-order valence-electron chi connectivity index (χ3n) is 6.10. The van der Waals surface area contributed by atoms with Gasteiger partial charge in [-0.3, -0.25) is 0 Å². The van der Waals surface area contributed by atoms with Crippen molar-refractivity contribution in [2.75, 3.05) is 24.2 Å². The highest BCUT2D eigenvalue weighted by molar-refractivity contribution is 7.90. The molecule has 8 nitrogen and oxygen atoms in total. The van der Waals surface area contributed by atoms with Crippen molar-refractivity contribution in [3.05, 3.63) is 66.9 Å². The van der Waals surface area contributed by atoms with Crippen LogP contribution in [0.1, 0.15) is 24.6 Å². The van der Waals surface area contributed by atoms with E-state index in [4.69, 9.17) is 0 Å². The van der Waals surface area contributed by atoms with E-state index in [1.807, 2.05) is 47.1 Å². The number of hydrogen-bond donors (Lipinski definition) is 0. The Hall–Kier alpha value is -3.59. The second-order valence-corrected chi connectivity index (χ2v) is 10.3. The summed E-state index contributed by atoms with van der Waals surface area (Å²) in [7, 11) is -3.21. The minimum absolute atomic E-state index is 0.270. The molecule has 33 heavy (non-hydrogen) atoms. The Morgan fingerprint density at radius 3 is 2.30 bits per heavy atom. The summed E-state index contributed by atoms with van der Waals surface area (Å²) in [5.74, 6) is 0.883. The Kier molecular flexibility index (Phi) is 5.41. The highest BCUT2D eigenvalue weighted by Gasteiger charge is 2.24. The highest BCUT2D eigenvalue weighted by atomic mass is 32.2. The molecule has 168 valence electrons. The third-order valence-corrected chi connectivity index (χ3v) is 7.23. The van der Waals surface area contributed by atoms with Crippen molar-refractivity contribution in [2.45, 2.75) is 23.8 Å². The first kappa shape index (κ1) is 21.3. The summed E-state index contributed by atoms with van der Waals surface area (Å²) >= 11 is 0. The molecule has 0 spiro atoms. The molecule has 0 amide bonds. The normalized spacial score (nSPS) is 15.1. The average Bonchev–Trinajstić information content (AvgIpc) is 3.27. The molecule has 0 aliphatic carbocycles. The van der Waals surface area contributed by atoms with E-state index < -0.39 is 9.84 Å². The van der Waals surface area contributed by atoms with Crippen LogP contribution in [0, 0.1) is 0 Å². The lowest BCUT2D eigenvalue weighted by Gasteiger charge is -2.32. The van der Waals surface area contributed by atoms with Crippen molar-refractivity contribution in [2.24, 2.45) is 0 Å². The molecule has 1 fully saturated rings. The molecule has 0 unspecified atom stereocenters. The summed E-state index contributed by atoms with van der Waals surface area (Å²) in [6, 6.07) is 17.2. The number of sulfone groups is 1. The summed E-state index contributed by atoms with van der Waals surface area (Å²) in [6.07, 6.45) is 4.79. The van der Waals surface area contributed by atoms with Crippen molar-refractivity contribution < 1.29 is 8.42 Å². The molecule has 2 aromatic carbocycles. The van der Waals surface area contributed by atoms with Gasteiger partial charge in [-0.1, -0.05) is 30.0 Å². The molecule has 4 aromatic rings. The number of rotatable bonds is 5. The molecule has 0 saturated carbocycles. The van der Waals surface area contributed by atoms with Crippen molar-refractivity contribution in [1.29, 1.82) is 0 Å². The van der Waals surface area contributed by atoms with E-state index in [1.165, 1.54) is 6.26 Å². The van der Waals surface area contributed by atoms with Crippen LogP contribution in [-0.4, -0.2) is 53.0 Å². The molecule has 5 rings (SSSR count). The van der Waals surface area contributed by atoms with Crippen LogP contribution in [0.2, 0.25) is 0 Å². The van der Waals surface area contributed by atoms with Crippen LogP contribution in [0.4, 0.5) is 5.82 Å². The standard InChI is InChI=1S/C24H24N6O2S/c1-3-19-7-11-24(27-25-19)29-14-12-20(13-15-29)30-23-10-6-18(16-22(23)26-28-30)17-4-8-21(9-5-17)33(2,31)32/h3-11,16,20H,1,12-15H2,2H3. The van der Waals surface area contributed by atoms with Crippen molar-refractivity contribution in [3.8, 4) is 11.1 Å². The zero-order valence-electron chi connectivity index (χ0n) is 18.3. The molecule has 1 saturated heterocycles. The number of anilines is 1. The average molecular weight is 461 g/mol. The number of nitrogens with zero attached hydrogens (tertiary/aromatic N) is 6.